The van der Waals surface area contributed by atoms with E-state index in [4.69, 9.17) is 18.9 Å². The number of phenols is 1. The first-order chi connectivity index (χ1) is 27.6. The predicted molar refractivity (Wildman–Crippen MR) is 230 cm³/mol. The summed E-state index contributed by atoms with van der Waals surface area (Å²) in [6.07, 6.45) is 3.96. The standard InChI is InChI=1S/C27H27NO3S.C21H16O2S/c29-21-10-8-20(9-11-21)27-26(24-6-2-3-7-25(24)32-27)31-23-14-12-22(13-15-23)30-19-18-28-16-4-1-5-17-28;1-2-7-16(8-3-1)15-22-18-10-6-11-19(14-18)23-21-13-17-9-4-5-12-20(17)24-21/h2-3,6-15,29H,1,4-5,16-19H2;1-14H,15H2. The number of aromatic hydroxyl groups is 1. The molecule has 2 aromatic heterocycles. The van der Waals surface area contributed by atoms with Crippen molar-refractivity contribution in [1.29, 1.82) is 0 Å². The average molecular weight is 778 g/mol. The molecule has 1 aliphatic heterocycles. The average Bonchev–Trinajstić information content (AvgIpc) is 3.83. The number of benzene rings is 6. The molecule has 8 heteroatoms. The van der Waals surface area contributed by atoms with Gasteiger partial charge >= 0.3 is 0 Å². The van der Waals surface area contributed by atoms with Crippen LogP contribution in [0.5, 0.6) is 39.6 Å². The quantitative estimate of drug-likeness (QED) is 0.133. The number of hydrogen-bond donors (Lipinski definition) is 1. The summed E-state index contributed by atoms with van der Waals surface area (Å²) in [6, 6.07) is 51.6. The Morgan fingerprint density at radius 3 is 2.07 bits per heavy atom. The second kappa shape index (κ2) is 18.2. The van der Waals surface area contributed by atoms with Crippen LogP contribution in [0.15, 0.2) is 158 Å². The fraction of sp³-hybridized carbons (Fsp3) is 0.167. The highest BCUT2D eigenvalue weighted by molar-refractivity contribution is 7.22. The molecule has 6 nitrogen and oxygen atoms in total. The van der Waals surface area contributed by atoms with Gasteiger partial charge in [-0.1, -0.05) is 84.5 Å². The fourth-order valence-corrected chi connectivity index (χ4v) is 8.68. The molecule has 1 N–H and O–H groups in total. The Morgan fingerprint density at radius 2 is 1.27 bits per heavy atom. The van der Waals surface area contributed by atoms with E-state index in [0.717, 1.165) is 61.7 Å². The number of hydrogen-bond acceptors (Lipinski definition) is 8. The van der Waals surface area contributed by atoms with Crippen LogP contribution in [0.2, 0.25) is 0 Å². The maximum Gasteiger partial charge on any atom is 0.182 e. The second-order valence-electron chi connectivity index (χ2n) is 13.6. The molecular weight excluding hydrogens is 735 g/mol. The largest absolute Gasteiger partial charge is 0.508 e. The summed E-state index contributed by atoms with van der Waals surface area (Å²) in [5.74, 6) is 4.33. The van der Waals surface area contributed by atoms with Crippen LogP contribution in [0.4, 0.5) is 0 Å². The van der Waals surface area contributed by atoms with Crippen molar-refractivity contribution in [1.82, 2.24) is 4.90 Å². The van der Waals surface area contributed by atoms with Gasteiger partial charge in [0.15, 0.2) is 10.8 Å². The third-order valence-corrected chi connectivity index (χ3v) is 11.7. The van der Waals surface area contributed by atoms with E-state index in [1.807, 2.05) is 103 Å². The van der Waals surface area contributed by atoms with Crippen LogP contribution in [0.1, 0.15) is 24.8 Å². The van der Waals surface area contributed by atoms with Crippen molar-refractivity contribution in [2.75, 3.05) is 26.2 Å². The van der Waals surface area contributed by atoms with Crippen molar-refractivity contribution >= 4 is 42.8 Å². The maximum atomic E-state index is 9.67. The van der Waals surface area contributed by atoms with Gasteiger partial charge < -0.3 is 24.1 Å². The van der Waals surface area contributed by atoms with Crippen molar-refractivity contribution < 1.29 is 24.1 Å². The van der Waals surface area contributed by atoms with Gasteiger partial charge in [-0.3, -0.25) is 4.90 Å². The van der Waals surface area contributed by atoms with Crippen molar-refractivity contribution in [3.8, 4) is 50.0 Å². The van der Waals surface area contributed by atoms with Crippen LogP contribution in [-0.2, 0) is 6.61 Å². The van der Waals surface area contributed by atoms with Crippen molar-refractivity contribution in [3.63, 3.8) is 0 Å². The normalized spacial score (nSPS) is 12.9. The Bertz CT molecular complexity index is 2420. The van der Waals surface area contributed by atoms with Crippen LogP contribution in [0.3, 0.4) is 0 Å². The molecule has 6 aromatic carbocycles. The molecule has 1 saturated heterocycles. The van der Waals surface area contributed by atoms with Crippen LogP contribution in [-0.4, -0.2) is 36.2 Å². The molecule has 1 fully saturated rings. The van der Waals surface area contributed by atoms with E-state index in [9.17, 15) is 5.11 Å². The summed E-state index contributed by atoms with van der Waals surface area (Å²) < 4.78 is 26.6. The smallest absolute Gasteiger partial charge is 0.182 e. The zero-order chi connectivity index (χ0) is 37.9. The molecule has 1 aliphatic rings. The topological polar surface area (TPSA) is 60.4 Å². The number of phenolic OH excluding ortho intramolecular Hbond substituents is 1. The highest BCUT2D eigenvalue weighted by Gasteiger charge is 2.17. The summed E-state index contributed by atoms with van der Waals surface area (Å²) in [6.45, 7) is 4.62. The van der Waals surface area contributed by atoms with Gasteiger partial charge in [0.25, 0.3) is 0 Å². The van der Waals surface area contributed by atoms with E-state index in [0.29, 0.717) is 13.2 Å². The lowest BCUT2D eigenvalue weighted by Gasteiger charge is -2.26. The lowest BCUT2D eigenvalue weighted by atomic mass is 10.1. The molecule has 0 amide bonds. The third kappa shape index (κ3) is 9.70. The van der Waals surface area contributed by atoms with Gasteiger partial charge in [-0.15, -0.1) is 11.3 Å². The van der Waals surface area contributed by atoms with E-state index in [-0.39, 0.29) is 5.75 Å². The lowest BCUT2D eigenvalue weighted by molar-refractivity contribution is 0.183. The van der Waals surface area contributed by atoms with Gasteiger partial charge in [0.1, 0.15) is 42.0 Å². The molecule has 0 bridgehead atoms. The monoisotopic (exact) mass is 777 g/mol. The number of rotatable bonds is 12. The Morgan fingerprint density at radius 1 is 0.554 bits per heavy atom. The Kier molecular flexibility index (Phi) is 12.1. The van der Waals surface area contributed by atoms with E-state index >= 15 is 0 Å². The molecule has 9 rings (SSSR count). The molecule has 0 atom stereocenters. The van der Waals surface area contributed by atoms with Gasteiger partial charge in [0.2, 0.25) is 0 Å². The summed E-state index contributed by atoms with van der Waals surface area (Å²) in [5, 5.41) is 12.8. The molecule has 56 heavy (non-hydrogen) atoms. The number of ether oxygens (including phenoxy) is 4. The fourth-order valence-electron chi connectivity index (χ4n) is 6.62. The minimum atomic E-state index is 0.258. The number of likely N-dealkylation sites (tertiary alicyclic amines) is 1. The molecule has 0 radical (unpaired) electrons. The predicted octanol–water partition coefficient (Wildman–Crippen LogP) is 13.2. The lowest BCUT2D eigenvalue weighted by Crippen LogP contribution is -2.33. The van der Waals surface area contributed by atoms with Gasteiger partial charge in [-0.25, -0.2) is 0 Å². The van der Waals surface area contributed by atoms with E-state index in [1.54, 1.807) is 34.8 Å². The molecule has 0 saturated carbocycles. The number of thiophene rings is 2. The van der Waals surface area contributed by atoms with E-state index in [2.05, 4.69) is 47.4 Å². The minimum absolute atomic E-state index is 0.258. The molecule has 0 unspecified atom stereocenters. The maximum absolute atomic E-state index is 9.67. The highest BCUT2D eigenvalue weighted by atomic mass is 32.1. The SMILES string of the molecule is Oc1ccc(-c2sc3ccccc3c2Oc2ccc(OCCN3CCCCC3)cc2)cc1.c1ccc(COc2cccc(Oc3cc4ccccc4s3)c2)cc1. The Balaban J connectivity index is 0.000000164. The molecular formula is C48H43NO5S2. The first-order valence-corrected chi connectivity index (χ1v) is 20.6. The van der Waals surface area contributed by atoms with Gasteiger partial charge in [-0.05, 0) is 121 Å². The van der Waals surface area contributed by atoms with Crippen LogP contribution in [0.25, 0.3) is 30.6 Å². The Labute approximate surface area is 335 Å². The zero-order valence-corrected chi connectivity index (χ0v) is 32.6. The summed E-state index contributed by atoms with van der Waals surface area (Å²) in [7, 11) is 0. The number of piperidine rings is 1. The number of fused-ring (bicyclic) bond motifs is 2. The molecule has 8 aromatic rings. The number of nitrogens with zero attached hydrogens (tertiary/aromatic N) is 1. The highest BCUT2D eigenvalue weighted by Crippen LogP contribution is 2.46. The van der Waals surface area contributed by atoms with Crippen LogP contribution in [0, 0.1) is 0 Å². The first kappa shape index (κ1) is 37.1. The molecule has 282 valence electrons. The van der Waals surface area contributed by atoms with Gasteiger partial charge in [-0.2, -0.15) is 0 Å². The molecule has 0 aliphatic carbocycles. The summed E-state index contributed by atoms with van der Waals surface area (Å²) in [5.41, 5.74) is 2.17. The van der Waals surface area contributed by atoms with Crippen LogP contribution < -0.4 is 18.9 Å². The van der Waals surface area contributed by atoms with Crippen LogP contribution >= 0.6 is 22.7 Å². The molecule has 0 spiro atoms. The van der Waals surface area contributed by atoms with Crippen molar-refractivity contribution in [2.24, 2.45) is 0 Å². The third-order valence-electron chi connectivity index (χ3n) is 9.52. The Hall–Kier alpha value is -5.80. The summed E-state index contributed by atoms with van der Waals surface area (Å²) in [4.78, 5) is 3.53. The minimum Gasteiger partial charge on any atom is -0.508 e. The first-order valence-electron chi connectivity index (χ1n) is 19.0. The zero-order valence-electron chi connectivity index (χ0n) is 31.0. The van der Waals surface area contributed by atoms with E-state index < -0.39 is 0 Å². The van der Waals surface area contributed by atoms with Crippen molar-refractivity contribution in [2.45, 2.75) is 25.9 Å². The van der Waals surface area contributed by atoms with E-state index in [1.165, 1.54) is 47.1 Å². The molecule has 3 heterocycles. The van der Waals surface area contributed by atoms with Crippen molar-refractivity contribution in [3.05, 3.63) is 163 Å². The van der Waals surface area contributed by atoms with Gasteiger partial charge in [0.05, 0.1) is 4.88 Å². The van der Waals surface area contributed by atoms with Gasteiger partial charge in [0, 0.05) is 33.5 Å². The summed E-state index contributed by atoms with van der Waals surface area (Å²) >= 11 is 3.34. The second-order valence-corrected chi connectivity index (χ2v) is 15.7.